The molecule has 0 aliphatic carbocycles. The Bertz CT molecular complexity index is 271. The maximum atomic E-state index is 10.7. The van der Waals surface area contributed by atoms with Crippen LogP contribution in [0.5, 0.6) is 0 Å². The van der Waals surface area contributed by atoms with Gasteiger partial charge in [0.05, 0.1) is 0 Å². The Morgan fingerprint density at radius 1 is 0.800 bits per heavy atom. The average Bonchev–Trinajstić information content (AvgIpc) is 2.56. The van der Waals surface area contributed by atoms with Crippen LogP contribution in [0.1, 0.15) is 111 Å². The van der Waals surface area contributed by atoms with Gasteiger partial charge >= 0.3 is 18.9 Å². The molecule has 25 heavy (non-hydrogen) atoms. The topological polar surface area (TPSA) is 43.4 Å². The maximum Gasteiger partial charge on any atom is 1.00 e. The van der Waals surface area contributed by atoms with E-state index >= 15 is 0 Å². The first-order chi connectivity index (χ1) is 11.6. The molecule has 0 heterocycles. The molecule has 0 N–H and O–H groups in total. The Labute approximate surface area is 169 Å². The van der Waals surface area contributed by atoms with Crippen molar-refractivity contribution in [2.75, 3.05) is 13.1 Å². The van der Waals surface area contributed by atoms with E-state index in [1.165, 1.54) is 77.0 Å². The number of carbonyl (C=O) groups is 1. The molecule has 144 valence electrons. The van der Waals surface area contributed by atoms with Crippen molar-refractivity contribution in [3.05, 3.63) is 0 Å². The van der Waals surface area contributed by atoms with Crippen LogP contribution >= 0.6 is 0 Å². The minimum absolute atomic E-state index is 0. The van der Waals surface area contributed by atoms with E-state index in [-0.39, 0.29) is 25.3 Å². The molecule has 0 saturated carbocycles. The van der Waals surface area contributed by atoms with Crippen LogP contribution in [0.25, 0.3) is 0 Å². The van der Waals surface area contributed by atoms with Gasteiger partial charge in [0.1, 0.15) is 0 Å². The molecule has 1 unspecified atom stereocenters. The van der Waals surface area contributed by atoms with Crippen LogP contribution in [0.15, 0.2) is 0 Å². The van der Waals surface area contributed by atoms with Crippen molar-refractivity contribution in [2.24, 2.45) is 0 Å². The zero-order chi connectivity index (χ0) is 18.0. The van der Waals surface area contributed by atoms with E-state index in [0.29, 0.717) is 12.5 Å². The third-order valence-electron chi connectivity index (χ3n) is 4.99. The van der Waals surface area contributed by atoms with Gasteiger partial charge in [-0.2, -0.15) is 0 Å². The monoisotopic (exact) mass is 347 g/mol. The number of nitrogens with zero attached hydrogens (tertiary/aromatic N) is 1. The maximum absolute atomic E-state index is 10.7. The van der Waals surface area contributed by atoms with Crippen molar-refractivity contribution in [1.82, 2.24) is 4.90 Å². The quantitative estimate of drug-likeness (QED) is 0.281. The molecule has 0 aromatic rings. The number of hydrogen-bond acceptors (Lipinski definition) is 3. The normalized spacial score (nSPS) is 12.2. The van der Waals surface area contributed by atoms with Crippen molar-refractivity contribution in [1.29, 1.82) is 0 Å². The van der Waals surface area contributed by atoms with E-state index < -0.39 is 5.97 Å². The second-order valence-corrected chi connectivity index (χ2v) is 7.33. The number of carbonyl (C=O) groups excluding carboxylic acids is 1. The molecule has 0 bridgehead atoms. The van der Waals surface area contributed by atoms with Crippen LogP contribution in [0.3, 0.4) is 0 Å². The van der Waals surface area contributed by atoms with E-state index in [4.69, 9.17) is 0 Å². The van der Waals surface area contributed by atoms with Crippen LogP contribution in [0.2, 0.25) is 0 Å². The summed E-state index contributed by atoms with van der Waals surface area (Å²) in [6, 6.07) is 0.356. The molecule has 0 aliphatic heterocycles. The van der Waals surface area contributed by atoms with Gasteiger partial charge in [-0.1, -0.05) is 78.1 Å². The number of carboxylic acid groups (broad SMARTS) is 1. The molecule has 0 radical (unpaired) electrons. The van der Waals surface area contributed by atoms with Gasteiger partial charge in [-0.15, -0.1) is 0 Å². The van der Waals surface area contributed by atoms with Crippen LogP contribution in [0, 0.1) is 0 Å². The van der Waals surface area contributed by atoms with Crippen molar-refractivity contribution < 1.29 is 28.8 Å². The van der Waals surface area contributed by atoms with Gasteiger partial charge in [-0.05, 0) is 45.7 Å². The fraction of sp³-hybridized carbons (Fsp3) is 0.952. The molecular formula is C21H42LiNO2. The van der Waals surface area contributed by atoms with E-state index in [1.54, 1.807) is 0 Å². The first-order valence-electron chi connectivity index (χ1n) is 10.6. The molecule has 0 fully saturated rings. The number of aliphatic carboxylic acids is 1. The minimum Gasteiger partial charge on any atom is -0.550 e. The Kier molecular flexibility index (Phi) is 22.2. The van der Waals surface area contributed by atoms with Gasteiger partial charge in [0.25, 0.3) is 0 Å². The summed E-state index contributed by atoms with van der Waals surface area (Å²) >= 11 is 0. The summed E-state index contributed by atoms with van der Waals surface area (Å²) < 4.78 is 0. The molecule has 0 aromatic heterocycles. The number of carboxylic acids is 1. The van der Waals surface area contributed by atoms with Crippen molar-refractivity contribution in [3.63, 3.8) is 0 Å². The van der Waals surface area contributed by atoms with Crippen LogP contribution in [-0.4, -0.2) is 30.0 Å². The second-order valence-electron chi connectivity index (χ2n) is 7.33. The smallest absolute Gasteiger partial charge is 0.550 e. The third kappa shape index (κ3) is 18.6. The van der Waals surface area contributed by atoms with Gasteiger partial charge in [0, 0.05) is 12.0 Å². The summed E-state index contributed by atoms with van der Waals surface area (Å²) in [6.07, 6.45) is 16.7. The van der Waals surface area contributed by atoms with Crippen LogP contribution in [0.4, 0.5) is 0 Å². The number of hydrogen-bond donors (Lipinski definition) is 0. The van der Waals surface area contributed by atoms with E-state index in [0.717, 1.165) is 13.1 Å². The van der Waals surface area contributed by atoms with Crippen molar-refractivity contribution in [2.45, 2.75) is 117 Å². The molecule has 4 heteroatoms. The van der Waals surface area contributed by atoms with Gasteiger partial charge in [0.2, 0.25) is 0 Å². The number of rotatable bonds is 18. The summed E-state index contributed by atoms with van der Waals surface area (Å²) in [5.74, 6) is -0.916. The van der Waals surface area contributed by atoms with Crippen LogP contribution < -0.4 is 24.0 Å². The van der Waals surface area contributed by atoms with Gasteiger partial charge in [-0.3, -0.25) is 0 Å². The summed E-state index contributed by atoms with van der Waals surface area (Å²) in [5.41, 5.74) is 0. The third-order valence-corrected chi connectivity index (χ3v) is 4.99. The van der Waals surface area contributed by atoms with E-state index in [2.05, 4.69) is 25.7 Å². The molecule has 3 nitrogen and oxygen atoms in total. The van der Waals surface area contributed by atoms with E-state index in [9.17, 15) is 9.90 Å². The van der Waals surface area contributed by atoms with E-state index in [1.807, 2.05) is 0 Å². The zero-order valence-electron chi connectivity index (χ0n) is 17.7. The first-order valence-corrected chi connectivity index (χ1v) is 10.6. The fourth-order valence-corrected chi connectivity index (χ4v) is 3.25. The van der Waals surface area contributed by atoms with Gasteiger partial charge in [0.15, 0.2) is 0 Å². The minimum atomic E-state index is -0.916. The Morgan fingerprint density at radius 2 is 1.20 bits per heavy atom. The predicted octanol–water partition coefficient (Wildman–Crippen LogP) is 1.93. The SMILES string of the molecule is CCCCCCCCN(CCCCCCCC)C(C)CCC(=O)[O-].[Li+]. The second kappa shape index (κ2) is 20.3. The summed E-state index contributed by atoms with van der Waals surface area (Å²) in [5, 5.41) is 10.7. The first kappa shape index (κ1) is 27.2. The molecule has 0 aliphatic rings. The molecule has 0 saturated heterocycles. The van der Waals surface area contributed by atoms with Crippen molar-refractivity contribution >= 4 is 5.97 Å². The largest absolute Gasteiger partial charge is 1.00 e. The molecule has 0 spiro atoms. The van der Waals surface area contributed by atoms with Gasteiger partial charge < -0.3 is 14.8 Å². The molecular weight excluding hydrogens is 305 g/mol. The standard InChI is InChI=1S/C21H43NO2.Li/c1-4-6-8-10-12-14-18-22(20(3)16-17-21(23)24)19-15-13-11-9-7-5-2;/h20H,4-19H2,1-3H3,(H,23,24);/q;+1/p-1. The summed E-state index contributed by atoms with van der Waals surface area (Å²) in [6.45, 7) is 8.92. The zero-order valence-corrected chi connectivity index (χ0v) is 17.7. The van der Waals surface area contributed by atoms with Gasteiger partial charge in [-0.25, -0.2) is 0 Å². The molecule has 1 atom stereocenters. The average molecular weight is 348 g/mol. The summed E-state index contributed by atoms with van der Waals surface area (Å²) in [7, 11) is 0. The molecule has 0 aromatic carbocycles. The fourth-order valence-electron chi connectivity index (χ4n) is 3.25. The number of unbranched alkanes of at least 4 members (excludes halogenated alkanes) is 10. The Hall–Kier alpha value is 0.0274. The Morgan fingerprint density at radius 3 is 1.60 bits per heavy atom. The molecule has 0 amide bonds. The van der Waals surface area contributed by atoms with Crippen molar-refractivity contribution in [3.8, 4) is 0 Å². The molecule has 0 rings (SSSR count). The predicted molar refractivity (Wildman–Crippen MR) is 102 cm³/mol. The summed E-state index contributed by atoms with van der Waals surface area (Å²) in [4.78, 5) is 13.2. The van der Waals surface area contributed by atoms with Crippen LogP contribution in [-0.2, 0) is 4.79 Å². The Balaban J connectivity index is 0.